The first kappa shape index (κ1) is 22.0. The second-order valence-electron chi connectivity index (χ2n) is 8.21. The first-order chi connectivity index (χ1) is 15.4. The fourth-order valence-corrected chi connectivity index (χ4v) is 4.17. The normalized spacial score (nSPS) is 19.5. The molecule has 2 aromatic carbocycles. The highest BCUT2D eigenvalue weighted by atomic mass is 19.1. The second-order valence-corrected chi connectivity index (χ2v) is 8.21. The first-order valence-electron chi connectivity index (χ1n) is 10.8. The standard InChI is InChI=1S/C25H26FNO5/c1-15(2)31-12-5-11-27-22(18-6-3-4-7-19(18)26)21(24(29)25(27)30)23(28)17-8-9-20-16(14-17)10-13-32-20/h3-4,6-9,14-15,22,28H,5,10-13H2,1-2H3/b23-21+. The average molecular weight is 439 g/mol. The van der Waals surface area contributed by atoms with Gasteiger partial charge in [-0.25, -0.2) is 4.39 Å². The number of halogens is 1. The zero-order valence-electron chi connectivity index (χ0n) is 18.1. The highest BCUT2D eigenvalue weighted by Gasteiger charge is 2.46. The van der Waals surface area contributed by atoms with Crippen LogP contribution in [-0.4, -0.2) is 47.6 Å². The van der Waals surface area contributed by atoms with E-state index in [1.54, 1.807) is 30.3 Å². The molecule has 168 valence electrons. The number of amides is 1. The van der Waals surface area contributed by atoms with Gasteiger partial charge in [-0.15, -0.1) is 0 Å². The largest absolute Gasteiger partial charge is 0.507 e. The van der Waals surface area contributed by atoms with E-state index in [2.05, 4.69) is 0 Å². The number of hydrogen-bond donors (Lipinski definition) is 1. The number of nitrogens with zero attached hydrogens (tertiary/aromatic N) is 1. The summed E-state index contributed by atoms with van der Waals surface area (Å²) >= 11 is 0. The van der Waals surface area contributed by atoms with Gasteiger partial charge in [0.05, 0.1) is 24.3 Å². The van der Waals surface area contributed by atoms with E-state index in [0.717, 1.165) is 11.3 Å². The number of fused-ring (bicyclic) bond motifs is 1. The molecule has 1 amide bonds. The Labute approximate surface area is 186 Å². The topological polar surface area (TPSA) is 76.1 Å². The molecule has 7 heteroatoms. The van der Waals surface area contributed by atoms with Crippen LogP contribution in [0.4, 0.5) is 4.39 Å². The minimum Gasteiger partial charge on any atom is -0.507 e. The number of ether oxygens (including phenoxy) is 2. The lowest BCUT2D eigenvalue weighted by molar-refractivity contribution is -0.140. The van der Waals surface area contributed by atoms with Gasteiger partial charge in [-0.1, -0.05) is 18.2 Å². The number of carbonyl (C=O) groups excluding carboxylic acids is 2. The van der Waals surface area contributed by atoms with E-state index in [4.69, 9.17) is 9.47 Å². The van der Waals surface area contributed by atoms with Gasteiger partial charge in [0.25, 0.3) is 11.7 Å². The molecule has 1 N–H and O–H groups in total. The molecule has 0 radical (unpaired) electrons. The zero-order chi connectivity index (χ0) is 22.8. The number of ketones is 1. The Morgan fingerprint density at radius 1 is 1.25 bits per heavy atom. The summed E-state index contributed by atoms with van der Waals surface area (Å²) in [7, 11) is 0. The smallest absolute Gasteiger partial charge is 0.295 e. The number of Topliss-reactive ketones (excluding diaryl/α,β-unsaturated/α-hetero) is 1. The summed E-state index contributed by atoms with van der Waals surface area (Å²) in [6, 6.07) is 10.1. The molecule has 1 unspecified atom stereocenters. The Morgan fingerprint density at radius 2 is 2.03 bits per heavy atom. The summed E-state index contributed by atoms with van der Waals surface area (Å²) in [5.74, 6) is -1.70. The lowest BCUT2D eigenvalue weighted by Crippen LogP contribution is -2.31. The molecule has 1 saturated heterocycles. The van der Waals surface area contributed by atoms with Gasteiger partial charge < -0.3 is 19.5 Å². The summed E-state index contributed by atoms with van der Waals surface area (Å²) < 4.78 is 25.8. The van der Waals surface area contributed by atoms with Gasteiger partial charge in [-0.2, -0.15) is 0 Å². The van der Waals surface area contributed by atoms with Crippen LogP contribution >= 0.6 is 0 Å². The Bertz CT molecular complexity index is 1080. The Balaban J connectivity index is 1.75. The van der Waals surface area contributed by atoms with E-state index in [9.17, 15) is 19.1 Å². The number of hydrogen-bond acceptors (Lipinski definition) is 5. The van der Waals surface area contributed by atoms with Crippen molar-refractivity contribution < 1.29 is 28.6 Å². The van der Waals surface area contributed by atoms with Crippen molar-refractivity contribution in [2.45, 2.75) is 38.8 Å². The van der Waals surface area contributed by atoms with E-state index >= 15 is 0 Å². The summed E-state index contributed by atoms with van der Waals surface area (Å²) in [5.41, 5.74) is 1.37. The number of benzene rings is 2. The molecular formula is C25H26FNO5. The predicted molar refractivity (Wildman–Crippen MR) is 117 cm³/mol. The van der Waals surface area contributed by atoms with Crippen molar-refractivity contribution in [3.63, 3.8) is 0 Å². The van der Waals surface area contributed by atoms with Crippen LogP contribution in [0.25, 0.3) is 5.76 Å². The lowest BCUT2D eigenvalue weighted by Gasteiger charge is -2.25. The fraction of sp³-hybridized carbons (Fsp3) is 0.360. The highest BCUT2D eigenvalue weighted by Crippen LogP contribution is 2.41. The highest BCUT2D eigenvalue weighted by molar-refractivity contribution is 6.46. The maximum atomic E-state index is 14.8. The molecule has 0 aliphatic carbocycles. The molecule has 1 atom stereocenters. The van der Waals surface area contributed by atoms with Crippen LogP contribution in [0.5, 0.6) is 5.75 Å². The summed E-state index contributed by atoms with van der Waals surface area (Å²) in [6.45, 7) is 4.97. The van der Waals surface area contributed by atoms with Gasteiger partial charge in [0, 0.05) is 30.7 Å². The molecule has 6 nitrogen and oxygen atoms in total. The molecule has 0 saturated carbocycles. The van der Waals surface area contributed by atoms with Gasteiger partial charge >= 0.3 is 0 Å². The quantitative estimate of drug-likeness (QED) is 0.306. The molecule has 0 spiro atoms. The molecule has 2 aliphatic rings. The third-order valence-corrected chi connectivity index (χ3v) is 5.70. The van der Waals surface area contributed by atoms with Crippen LogP contribution in [0, 0.1) is 5.82 Å². The molecule has 2 heterocycles. The summed E-state index contributed by atoms with van der Waals surface area (Å²) in [4.78, 5) is 27.2. The molecule has 2 aliphatic heterocycles. The van der Waals surface area contributed by atoms with E-state index in [1.807, 2.05) is 13.8 Å². The van der Waals surface area contributed by atoms with Crippen molar-refractivity contribution in [2.75, 3.05) is 19.8 Å². The molecule has 0 aromatic heterocycles. The van der Waals surface area contributed by atoms with Crippen LogP contribution in [0.15, 0.2) is 48.0 Å². The van der Waals surface area contributed by atoms with Crippen molar-refractivity contribution >= 4 is 17.4 Å². The minimum atomic E-state index is -1.01. The summed E-state index contributed by atoms with van der Waals surface area (Å²) in [5, 5.41) is 11.1. The third-order valence-electron chi connectivity index (χ3n) is 5.70. The number of rotatable bonds is 7. The SMILES string of the molecule is CC(C)OCCCN1C(=O)C(=O)/C(=C(/O)c2ccc3c(c2)CCO3)C1c1ccccc1F. The maximum absolute atomic E-state index is 14.8. The van der Waals surface area contributed by atoms with Crippen LogP contribution < -0.4 is 4.74 Å². The van der Waals surface area contributed by atoms with Crippen molar-refractivity contribution in [3.8, 4) is 5.75 Å². The van der Waals surface area contributed by atoms with Crippen LogP contribution in [0.2, 0.25) is 0 Å². The Kier molecular flexibility index (Phi) is 6.28. The van der Waals surface area contributed by atoms with Gasteiger partial charge in [0.15, 0.2) is 0 Å². The van der Waals surface area contributed by atoms with E-state index in [1.165, 1.54) is 17.0 Å². The molecule has 0 bridgehead atoms. The second kappa shape index (κ2) is 9.12. The molecule has 32 heavy (non-hydrogen) atoms. The van der Waals surface area contributed by atoms with Crippen LogP contribution in [-0.2, 0) is 20.7 Å². The van der Waals surface area contributed by atoms with Gasteiger partial charge in [0.1, 0.15) is 17.3 Å². The molecule has 2 aromatic rings. The van der Waals surface area contributed by atoms with Crippen LogP contribution in [0.3, 0.4) is 0 Å². The van der Waals surface area contributed by atoms with Gasteiger partial charge in [-0.3, -0.25) is 9.59 Å². The van der Waals surface area contributed by atoms with E-state index in [0.29, 0.717) is 31.6 Å². The fourth-order valence-electron chi connectivity index (χ4n) is 4.17. The number of likely N-dealkylation sites (tertiary alicyclic amines) is 1. The predicted octanol–water partition coefficient (Wildman–Crippen LogP) is 4.00. The van der Waals surface area contributed by atoms with Crippen LogP contribution in [0.1, 0.15) is 43.0 Å². The zero-order valence-corrected chi connectivity index (χ0v) is 18.1. The molecule has 4 rings (SSSR count). The van der Waals surface area contributed by atoms with Crippen molar-refractivity contribution in [1.29, 1.82) is 0 Å². The van der Waals surface area contributed by atoms with Gasteiger partial charge in [0.2, 0.25) is 0 Å². The average Bonchev–Trinajstić information content (AvgIpc) is 3.34. The van der Waals surface area contributed by atoms with E-state index < -0.39 is 23.5 Å². The van der Waals surface area contributed by atoms with E-state index in [-0.39, 0.29) is 29.5 Å². The maximum Gasteiger partial charge on any atom is 0.295 e. The van der Waals surface area contributed by atoms with Crippen molar-refractivity contribution in [1.82, 2.24) is 4.90 Å². The molecule has 1 fully saturated rings. The number of aliphatic hydroxyl groups excluding tert-OH is 1. The summed E-state index contributed by atoms with van der Waals surface area (Å²) in [6.07, 6.45) is 1.21. The number of carbonyl (C=O) groups is 2. The Hall–Kier alpha value is -3.19. The Morgan fingerprint density at radius 3 is 2.78 bits per heavy atom. The van der Waals surface area contributed by atoms with Crippen molar-refractivity contribution in [2.24, 2.45) is 0 Å². The number of aliphatic hydroxyl groups is 1. The molecular weight excluding hydrogens is 413 g/mol. The third kappa shape index (κ3) is 4.12. The first-order valence-corrected chi connectivity index (χ1v) is 10.8. The lowest BCUT2D eigenvalue weighted by atomic mass is 9.94. The van der Waals surface area contributed by atoms with Crippen molar-refractivity contribution in [3.05, 3.63) is 70.5 Å². The van der Waals surface area contributed by atoms with Gasteiger partial charge in [-0.05, 0) is 50.1 Å². The monoisotopic (exact) mass is 439 g/mol. The minimum absolute atomic E-state index is 0.0385.